The molecule has 0 spiro atoms. The van der Waals surface area contributed by atoms with E-state index in [1.807, 2.05) is 25.3 Å². The van der Waals surface area contributed by atoms with Crippen molar-refractivity contribution in [1.29, 1.82) is 0 Å². The first kappa shape index (κ1) is 16.3. The van der Waals surface area contributed by atoms with Gasteiger partial charge in [0, 0.05) is 30.0 Å². The van der Waals surface area contributed by atoms with Crippen molar-refractivity contribution in [2.75, 3.05) is 17.8 Å². The number of carbonyl (C=O) groups is 1. The van der Waals surface area contributed by atoms with Gasteiger partial charge < -0.3 is 10.1 Å². The summed E-state index contributed by atoms with van der Waals surface area (Å²) in [5.41, 5.74) is 2.57. The molecule has 0 bridgehead atoms. The molecule has 0 unspecified atom stereocenters. The normalized spacial score (nSPS) is 10.8. The quantitative estimate of drug-likeness (QED) is 0.697. The largest absolute Gasteiger partial charge is 0.494 e. The Bertz CT molecular complexity index is 845. The van der Waals surface area contributed by atoms with E-state index in [1.54, 1.807) is 28.9 Å². The molecule has 1 N–H and O–H groups in total. The minimum atomic E-state index is -0.288. The Balaban J connectivity index is 1.75. The Kier molecular flexibility index (Phi) is 4.96. The van der Waals surface area contributed by atoms with Crippen molar-refractivity contribution in [3.05, 3.63) is 54.0 Å². The summed E-state index contributed by atoms with van der Waals surface area (Å²) < 4.78 is 6.97. The molecule has 24 heavy (non-hydrogen) atoms. The molecule has 0 aliphatic rings. The fraction of sp³-hybridized carbons (Fsp3) is 0.235. The molecule has 124 valence electrons. The first-order chi connectivity index (χ1) is 11.7. The van der Waals surface area contributed by atoms with Crippen molar-refractivity contribution < 1.29 is 9.53 Å². The number of nitrogens with zero attached hydrogens (tertiary/aromatic N) is 3. The second-order valence-electron chi connectivity index (χ2n) is 5.15. The highest BCUT2D eigenvalue weighted by Gasteiger charge is 2.12. The Labute approximate surface area is 144 Å². The number of hydrogen-bond acceptors (Lipinski definition) is 4. The summed E-state index contributed by atoms with van der Waals surface area (Å²) in [7, 11) is 0. The maximum atomic E-state index is 12.3. The van der Waals surface area contributed by atoms with E-state index in [-0.39, 0.29) is 5.91 Å². The van der Waals surface area contributed by atoms with Gasteiger partial charge in [0.15, 0.2) is 11.3 Å². The van der Waals surface area contributed by atoms with Crippen LogP contribution in [0.3, 0.4) is 0 Å². The number of aromatic nitrogens is 3. The summed E-state index contributed by atoms with van der Waals surface area (Å²) >= 11 is 5.73. The van der Waals surface area contributed by atoms with E-state index in [9.17, 15) is 4.79 Å². The van der Waals surface area contributed by atoms with Gasteiger partial charge in [-0.05, 0) is 43.2 Å². The van der Waals surface area contributed by atoms with Crippen molar-refractivity contribution in [3.63, 3.8) is 0 Å². The number of hydrogen-bond donors (Lipinski definition) is 1. The summed E-state index contributed by atoms with van der Waals surface area (Å²) in [6, 6.07) is 8.84. The van der Waals surface area contributed by atoms with Crippen LogP contribution in [0.2, 0.25) is 0 Å². The second kappa shape index (κ2) is 7.31. The molecule has 1 amide bonds. The minimum Gasteiger partial charge on any atom is -0.494 e. The third-order valence-electron chi connectivity index (χ3n) is 3.41. The average Bonchev–Trinajstić information content (AvgIpc) is 3.01. The van der Waals surface area contributed by atoms with E-state index in [0.29, 0.717) is 35.9 Å². The molecule has 0 atom stereocenters. The van der Waals surface area contributed by atoms with Gasteiger partial charge in [0.1, 0.15) is 5.75 Å². The number of benzene rings is 1. The first-order valence-electron chi connectivity index (χ1n) is 7.64. The van der Waals surface area contributed by atoms with Crippen LogP contribution in [0.4, 0.5) is 5.69 Å². The summed E-state index contributed by atoms with van der Waals surface area (Å²) in [6.45, 7) is 2.53. The lowest BCUT2D eigenvalue weighted by atomic mass is 10.3. The van der Waals surface area contributed by atoms with E-state index < -0.39 is 0 Å². The highest BCUT2D eigenvalue weighted by atomic mass is 35.5. The summed E-state index contributed by atoms with van der Waals surface area (Å²) in [4.78, 5) is 16.6. The maximum Gasteiger partial charge on any atom is 0.276 e. The van der Waals surface area contributed by atoms with Crippen LogP contribution in [0.25, 0.3) is 5.65 Å². The number of nitrogens with one attached hydrogen (secondary N) is 1. The molecule has 2 aromatic heterocycles. The lowest BCUT2D eigenvalue weighted by Crippen LogP contribution is -2.12. The predicted molar refractivity (Wildman–Crippen MR) is 93.0 cm³/mol. The van der Waals surface area contributed by atoms with Gasteiger partial charge >= 0.3 is 0 Å². The van der Waals surface area contributed by atoms with Crippen LogP contribution in [-0.4, -0.2) is 33.0 Å². The topological polar surface area (TPSA) is 68.5 Å². The van der Waals surface area contributed by atoms with Gasteiger partial charge in [-0.3, -0.25) is 4.79 Å². The first-order valence-corrected chi connectivity index (χ1v) is 8.17. The molecule has 0 aliphatic heterocycles. The molecule has 0 saturated heterocycles. The van der Waals surface area contributed by atoms with E-state index in [0.717, 1.165) is 11.3 Å². The summed E-state index contributed by atoms with van der Waals surface area (Å²) in [5, 5.41) is 7.08. The third-order valence-corrected chi connectivity index (χ3v) is 3.59. The number of amides is 1. The van der Waals surface area contributed by atoms with Gasteiger partial charge in [-0.1, -0.05) is 0 Å². The van der Waals surface area contributed by atoms with Crippen molar-refractivity contribution in [1.82, 2.24) is 14.6 Å². The number of carbonyl (C=O) groups excluding carboxylic acids is 1. The molecular formula is C17H17ClN4O2. The second-order valence-corrected chi connectivity index (χ2v) is 5.52. The molecule has 2 heterocycles. The average molecular weight is 345 g/mol. The molecule has 0 fully saturated rings. The number of aryl methyl sites for hydroxylation is 1. The van der Waals surface area contributed by atoms with Crippen LogP contribution in [0.5, 0.6) is 5.75 Å². The standard InChI is InChI=1S/C17H17ClN4O2/c1-2-24-14-5-3-13(4-6-14)20-17(23)15-9-16-19-10-12(7-8-18)11-22(16)21-15/h3-6,9-11H,2,7-8H2,1H3,(H,20,23). The monoisotopic (exact) mass is 344 g/mol. The van der Waals surface area contributed by atoms with Crippen molar-refractivity contribution in [2.45, 2.75) is 13.3 Å². The van der Waals surface area contributed by atoms with Crippen molar-refractivity contribution in [3.8, 4) is 5.75 Å². The molecule has 0 saturated carbocycles. The Morgan fingerprint density at radius 2 is 2.12 bits per heavy atom. The lowest BCUT2D eigenvalue weighted by Gasteiger charge is -2.05. The number of halogens is 1. The molecule has 1 aromatic carbocycles. The number of alkyl halides is 1. The van der Waals surface area contributed by atoms with Crippen LogP contribution in [0, 0.1) is 0 Å². The molecule has 3 aromatic rings. The van der Waals surface area contributed by atoms with Gasteiger partial charge in [-0.25, -0.2) is 9.50 Å². The Hall–Kier alpha value is -2.60. The van der Waals surface area contributed by atoms with E-state index in [2.05, 4.69) is 15.4 Å². The number of anilines is 1. The molecular weight excluding hydrogens is 328 g/mol. The summed E-state index contributed by atoms with van der Waals surface area (Å²) in [6.07, 6.45) is 4.28. The van der Waals surface area contributed by atoms with Crippen LogP contribution >= 0.6 is 11.6 Å². The van der Waals surface area contributed by atoms with Gasteiger partial charge in [0.25, 0.3) is 5.91 Å². The van der Waals surface area contributed by atoms with Crippen LogP contribution in [-0.2, 0) is 6.42 Å². The van der Waals surface area contributed by atoms with Crippen LogP contribution < -0.4 is 10.1 Å². The fourth-order valence-electron chi connectivity index (χ4n) is 2.26. The van der Waals surface area contributed by atoms with Crippen LogP contribution in [0.1, 0.15) is 23.0 Å². The van der Waals surface area contributed by atoms with Gasteiger partial charge in [-0.2, -0.15) is 5.10 Å². The molecule has 3 rings (SSSR count). The van der Waals surface area contributed by atoms with E-state index in [4.69, 9.17) is 16.3 Å². The number of fused-ring (bicyclic) bond motifs is 1. The zero-order chi connectivity index (χ0) is 16.9. The highest BCUT2D eigenvalue weighted by Crippen LogP contribution is 2.16. The Morgan fingerprint density at radius 3 is 2.83 bits per heavy atom. The maximum absolute atomic E-state index is 12.3. The van der Waals surface area contributed by atoms with Crippen molar-refractivity contribution in [2.24, 2.45) is 0 Å². The predicted octanol–water partition coefficient (Wildman–Crippen LogP) is 3.16. The van der Waals surface area contributed by atoms with Gasteiger partial charge in [-0.15, -0.1) is 11.6 Å². The number of ether oxygens (including phenoxy) is 1. The van der Waals surface area contributed by atoms with Crippen molar-refractivity contribution >= 4 is 28.8 Å². The number of rotatable bonds is 6. The van der Waals surface area contributed by atoms with Gasteiger partial charge in [0.05, 0.1) is 6.61 Å². The third kappa shape index (κ3) is 3.65. The fourth-order valence-corrected chi connectivity index (χ4v) is 2.48. The molecule has 0 radical (unpaired) electrons. The van der Waals surface area contributed by atoms with E-state index >= 15 is 0 Å². The molecule has 7 heteroatoms. The minimum absolute atomic E-state index is 0.288. The van der Waals surface area contributed by atoms with Crippen LogP contribution in [0.15, 0.2) is 42.7 Å². The Morgan fingerprint density at radius 1 is 1.33 bits per heavy atom. The summed E-state index contributed by atoms with van der Waals surface area (Å²) in [5.74, 6) is 0.988. The molecule has 0 aliphatic carbocycles. The zero-order valence-corrected chi connectivity index (χ0v) is 14.0. The van der Waals surface area contributed by atoms with Gasteiger partial charge in [0.2, 0.25) is 0 Å². The zero-order valence-electron chi connectivity index (χ0n) is 13.2. The highest BCUT2D eigenvalue weighted by molar-refractivity contribution is 6.17. The van der Waals surface area contributed by atoms with E-state index in [1.165, 1.54) is 0 Å². The molecule has 6 nitrogen and oxygen atoms in total. The SMILES string of the molecule is CCOc1ccc(NC(=O)c2cc3ncc(CCCl)cn3n2)cc1. The smallest absolute Gasteiger partial charge is 0.276 e. The lowest BCUT2D eigenvalue weighted by molar-refractivity contribution is 0.102.